The summed E-state index contributed by atoms with van der Waals surface area (Å²) in [6.07, 6.45) is 7.29. The Balaban J connectivity index is 1.90. The smallest absolute Gasteiger partial charge is 0.0543 e. The zero-order valence-electron chi connectivity index (χ0n) is 10.6. The molecule has 2 nitrogen and oxygen atoms in total. The highest BCUT2D eigenvalue weighted by molar-refractivity contribution is 7.80. The Morgan fingerprint density at radius 2 is 2.12 bits per heavy atom. The molecule has 3 heteroatoms. The highest BCUT2D eigenvalue weighted by Gasteiger charge is 2.33. The van der Waals surface area contributed by atoms with Crippen LogP contribution in [0.5, 0.6) is 0 Å². The predicted octanol–water partition coefficient (Wildman–Crippen LogP) is 3.00. The number of thiol groups is 1. The first-order valence-electron chi connectivity index (χ1n) is 6.43. The maximum atomic E-state index is 4.56. The van der Waals surface area contributed by atoms with E-state index in [-0.39, 0.29) is 0 Å². The first-order chi connectivity index (χ1) is 8.24. The van der Waals surface area contributed by atoms with Crippen LogP contribution in [0, 0.1) is 5.41 Å². The summed E-state index contributed by atoms with van der Waals surface area (Å²) in [6, 6.07) is 6.12. The van der Waals surface area contributed by atoms with Crippen molar-refractivity contribution in [3.63, 3.8) is 0 Å². The molecule has 1 fully saturated rings. The summed E-state index contributed by atoms with van der Waals surface area (Å²) in [5.41, 5.74) is 1.61. The number of pyridine rings is 1. The maximum absolute atomic E-state index is 4.56. The van der Waals surface area contributed by atoms with Crippen LogP contribution in [0.3, 0.4) is 0 Å². The van der Waals surface area contributed by atoms with Gasteiger partial charge in [-0.15, -0.1) is 0 Å². The van der Waals surface area contributed by atoms with E-state index in [1.807, 2.05) is 12.3 Å². The van der Waals surface area contributed by atoms with Gasteiger partial charge in [-0.2, -0.15) is 12.6 Å². The van der Waals surface area contributed by atoms with E-state index in [1.54, 1.807) is 0 Å². The molecule has 0 N–H and O–H groups in total. The molecule has 1 aromatic rings. The molecule has 1 saturated carbocycles. The molecule has 0 amide bonds. The van der Waals surface area contributed by atoms with Gasteiger partial charge in [-0.3, -0.25) is 9.88 Å². The summed E-state index contributed by atoms with van der Waals surface area (Å²) >= 11 is 4.56. The predicted molar refractivity (Wildman–Crippen MR) is 75.3 cm³/mol. The highest BCUT2D eigenvalue weighted by atomic mass is 32.1. The molecule has 1 aliphatic rings. The van der Waals surface area contributed by atoms with Crippen molar-refractivity contribution in [3.05, 3.63) is 30.1 Å². The zero-order valence-corrected chi connectivity index (χ0v) is 11.5. The van der Waals surface area contributed by atoms with E-state index in [4.69, 9.17) is 0 Å². The van der Waals surface area contributed by atoms with Gasteiger partial charge in [0.2, 0.25) is 0 Å². The summed E-state index contributed by atoms with van der Waals surface area (Å²) in [7, 11) is 2.19. The van der Waals surface area contributed by atoms with Crippen molar-refractivity contribution < 1.29 is 0 Å². The second-order valence-electron chi connectivity index (χ2n) is 5.36. The SMILES string of the molecule is CN(Cc1ccccn1)CC1(CS)CCCC1. The fraction of sp³-hybridized carbons (Fsp3) is 0.643. The lowest BCUT2D eigenvalue weighted by atomic mass is 9.88. The minimum absolute atomic E-state index is 0.451. The monoisotopic (exact) mass is 250 g/mol. The van der Waals surface area contributed by atoms with Crippen LogP contribution in [-0.4, -0.2) is 29.2 Å². The van der Waals surface area contributed by atoms with Crippen molar-refractivity contribution in [2.24, 2.45) is 5.41 Å². The molecule has 0 spiro atoms. The van der Waals surface area contributed by atoms with Gasteiger partial charge in [0, 0.05) is 19.3 Å². The number of nitrogens with zero attached hydrogens (tertiary/aromatic N) is 2. The standard InChI is InChI=1S/C14H22N2S/c1-16(10-13-6-2-5-9-15-13)11-14(12-17)7-3-4-8-14/h2,5-6,9,17H,3-4,7-8,10-12H2,1H3. The Morgan fingerprint density at radius 1 is 1.35 bits per heavy atom. The summed E-state index contributed by atoms with van der Waals surface area (Å²) in [5.74, 6) is 1.01. The quantitative estimate of drug-likeness (QED) is 0.809. The fourth-order valence-corrected chi connectivity index (χ4v) is 3.30. The Bertz CT molecular complexity index is 333. The lowest BCUT2D eigenvalue weighted by molar-refractivity contribution is 0.194. The molecule has 0 aromatic carbocycles. The maximum Gasteiger partial charge on any atom is 0.0543 e. The molecular formula is C14H22N2S. The van der Waals surface area contributed by atoms with Gasteiger partial charge in [0.05, 0.1) is 5.69 Å². The second kappa shape index (κ2) is 5.87. The van der Waals surface area contributed by atoms with E-state index in [0.29, 0.717) is 5.41 Å². The Labute approximate surface area is 110 Å². The lowest BCUT2D eigenvalue weighted by Gasteiger charge is -2.32. The molecule has 0 atom stereocenters. The van der Waals surface area contributed by atoms with Crippen LogP contribution in [0.25, 0.3) is 0 Å². The largest absolute Gasteiger partial charge is 0.300 e. The van der Waals surface area contributed by atoms with Crippen molar-refractivity contribution in [2.75, 3.05) is 19.3 Å². The summed E-state index contributed by atoms with van der Waals surface area (Å²) in [4.78, 5) is 6.77. The van der Waals surface area contributed by atoms with Gasteiger partial charge in [0.1, 0.15) is 0 Å². The summed E-state index contributed by atoms with van der Waals surface area (Å²) < 4.78 is 0. The average molecular weight is 250 g/mol. The van der Waals surface area contributed by atoms with Crippen molar-refractivity contribution in [1.82, 2.24) is 9.88 Å². The molecule has 1 heterocycles. The number of hydrogen-bond donors (Lipinski definition) is 1. The van der Waals surface area contributed by atoms with Gasteiger partial charge in [-0.05, 0) is 43.2 Å². The first kappa shape index (κ1) is 12.9. The first-order valence-corrected chi connectivity index (χ1v) is 7.07. The van der Waals surface area contributed by atoms with Gasteiger partial charge in [-0.25, -0.2) is 0 Å². The minimum Gasteiger partial charge on any atom is -0.300 e. The number of aromatic nitrogens is 1. The third kappa shape index (κ3) is 3.46. The molecule has 1 aliphatic carbocycles. The topological polar surface area (TPSA) is 16.1 Å². The van der Waals surface area contributed by atoms with E-state index < -0.39 is 0 Å². The van der Waals surface area contributed by atoms with Crippen molar-refractivity contribution in [1.29, 1.82) is 0 Å². The van der Waals surface area contributed by atoms with Crippen molar-refractivity contribution in [3.8, 4) is 0 Å². The molecular weight excluding hydrogens is 228 g/mol. The molecule has 17 heavy (non-hydrogen) atoms. The Hall–Kier alpha value is -0.540. The van der Waals surface area contributed by atoms with Gasteiger partial charge in [0.25, 0.3) is 0 Å². The average Bonchev–Trinajstić information content (AvgIpc) is 2.79. The Kier molecular flexibility index (Phi) is 4.46. The summed E-state index contributed by atoms with van der Waals surface area (Å²) in [6.45, 7) is 2.09. The van der Waals surface area contributed by atoms with E-state index in [2.05, 4.69) is 41.7 Å². The second-order valence-corrected chi connectivity index (χ2v) is 5.67. The number of hydrogen-bond acceptors (Lipinski definition) is 3. The lowest BCUT2D eigenvalue weighted by Crippen LogP contribution is -2.35. The molecule has 0 aliphatic heterocycles. The van der Waals surface area contributed by atoms with Gasteiger partial charge < -0.3 is 0 Å². The fourth-order valence-electron chi connectivity index (χ4n) is 2.89. The van der Waals surface area contributed by atoms with Crippen LogP contribution >= 0.6 is 12.6 Å². The van der Waals surface area contributed by atoms with Crippen molar-refractivity contribution in [2.45, 2.75) is 32.2 Å². The van der Waals surface area contributed by atoms with E-state index in [1.165, 1.54) is 25.7 Å². The molecule has 1 aromatic heterocycles. The molecule has 0 bridgehead atoms. The molecule has 0 unspecified atom stereocenters. The minimum atomic E-state index is 0.451. The van der Waals surface area contributed by atoms with Crippen LogP contribution in [0.2, 0.25) is 0 Å². The van der Waals surface area contributed by atoms with Crippen LogP contribution in [0.4, 0.5) is 0 Å². The van der Waals surface area contributed by atoms with E-state index >= 15 is 0 Å². The van der Waals surface area contributed by atoms with Gasteiger partial charge in [-0.1, -0.05) is 18.9 Å². The molecule has 2 rings (SSSR count). The highest BCUT2D eigenvalue weighted by Crippen LogP contribution is 2.39. The normalized spacial score (nSPS) is 18.8. The van der Waals surface area contributed by atoms with Gasteiger partial charge >= 0.3 is 0 Å². The third-order valence-electron chi connectivity index (χ3n) is 3.76. The van der Waals surface area contributed by atoms with Crippen LogP contribution in [0.1, 0.15) is 31.4 Å². The van der Waals surface area contributed by atoms with Crippen LogP contribution in [-0.2, 0) is 6.54 Å². The van der Waals surface area contributed by atoms with Crippen molar-refractivity contribution >= 4 is 12.6 Å². The third-order valence-corrected chi connectivity index (χ3v) is 4.43. The van der Waals surface area contributed by atoms with Gasteiger partial charge in [0.15, 0.2) is 0 Å². The summed E-state index contributed by atoms with van der Waals surface area (Å²) in [5, 5.41) is 0. The number of rotatable bonds is 5. The molecule has 0 radical (unpaired) electrons. The van der Waals surface area contributed by atoms with E-state index in [0.717, 1.165) is 24.5 Å². The Morgan fingerprint density at radius 3 is 2.71 bits per heavy atom. The molecule has 0 saturated heterocycles. The molecule has 94 valence electrons. The zero-order chi connectivity index (χ0) is 12.1. The van der Waals surface area contributed by atoms with Crippen LogP contribution < -0.4 is 0 Å². The van der Waals surface area contributed by atoms with E-state index in [9.17, 15) is 0 Å². The van der Waals surface area contributed by atoms with Crippen LogP contribution in [0.15, 0.2) is 24.4 Å².